The van der Waals surface area contributed by atoms with Gasteiger partial charge < -0.3 is 19.9 Å². The molecule has 0 aromatic heterocycles. The highest BCUT2D eigenvalue weighted by atomic mass is 32.2. The van der Waals surface area contributed by atoms with Crippen molar-refractivity contribution in [3.63, 3.8) is 0 Å². The first-order valence-electron chi connectivity index (χ1n) is 20.0. The molecule has 314 valence electrons. The number of sulfonamides is 1. The molecular weight excluding hydrogens is 735 g/mol. The van der Waals surface area contributed by atoms with Gasteiger partial charge in [0, 0.05) is 57.3 Å². The van der Waals surface area contributed by atoms with Gasteiger partial charge in [0.1, 0.15) is 0 Å². The third kappa shape index (κ3) is 11.7. The topological polar surface area (TPSA) is 162 Å². The Bertz CT molecular complexity index is 1700. The van der Waals surface area contributed by atoms with Gasteiger partial charge in [-0.2, -0.15) is 0 Å². The van der Waals surface area contributed by atoms with E-state index in [1.54, 1.807) is 30.7 Å². The highest BCUT2D eigenvalue weighted by Gasteiger charge is 2.43. The van der Waals surface area contributed by atoms with Gasteiger partial charge in [0.05, 0.1) is 35.0 Å². The lowest BCUT2D eigenvalue weighted by molar-refractivity contribution is -0.144. The van der Waals surface area contributed by atoms with Gasteiger partial charge in [0.25, 0.3) is 10.0 Å². The fraction of sp³-hybridized carbons (Fsp3) is 0.690. The van der Waals surface area contributed by atoms with E-state index < -0.39 is 51.4 Å². The van der Waals surface area contributed by atoms with Crippen LogP contribution in [0.1, 0.15) is 108 Å². The summed E-state index contributed by atoms with van der Waals surface area (Å²) in [7, 11) is -1.05. The summed E-state index contributed by atoms with van der Waals surface area (Å²) in [6.07, 6.45) is 5.25. The molecule has 2 fully saturated rings. The first-order valence-corrected chi connectivity index (χ1v) is 21.5. The van der Waals surface area contributed by atoms with Crippen molar-refractivity contribution >= 4 is 45.1 Å². The van der Waals surface area contributed by atoms with Crippen LogP contribution in [0, 0.1) is 23.2 Å². The molecule has 0 bridgehead atoms. The van der Waals surface area contributed by atoms with Crippen LogP contribution in [-0.4, -0.2) is 110 Å². The maximum atomic E-state index is 14.4. The third-order valence-corrected chi connectivity index (χ3v) is 12.8. The summed E-state index contributed by atoms with van der Waals surface area (Å²) in [6.45, 7) is 20.1. The molecule has 56 heavy (non-hydrogen) atoms. The standard InChI is InChI=1S/C42H67N5O8S/c1-26(2)36(45(11)41(52)33(42(8,9)10)25-37(49)34-16-13-14-22-46(34)27(3)4)24-28(5)40(51)47-23-15-17-35(47)38(55-12)29(6)39(50)44-56(53,54)32-20-18-31(19-21-32)43-30(7)48/h18-21,24,26-27,29,33-36,38H,13-17,22-23,25H2,1-12H3,(H,43,48)(H,44,50)/b28-24+/t29-,33-,34?,35+,36-,38-/m1/s1. The molecule has 2 aliphatic rings. The summed E-state index contributed by atoms with van der Waals surface area (Å²) in [5.41, 5.74) is 0.371. The Balaban J connectivity index is 1.79. The summed E-state index contributed by atoms with van der Waals surface area (Å²) < 4.78 is 34.2. The second-order valence-corrected chi connectivity index (χ2v) is 19.0. The van der Waals surface area contributed by atoms with Gasteiger partial charge in [-0.05, 0) is 88.6 Å². The molecule has 4 amide bonds. The smallest absolute Gasteiger partial charge is 0.264 e. The summed E-state index contributed by atoms with van der Waals surface area (Å²) in [4.78, 5) is 72.6. The number of amides is 4. The van der Waals surface area contributed by atoms with Crippen molar-refractivity contribution in [1.29, 1.82) is 0 Å². The molecule has 13 nitrogen and oxygen atoms in total. The van der Waals surface area contributed by atoms with Crippen LogP contribution in [0.4, 0.5) is 5.69 Å². The van der Waals surface area contributed by atoms with E-state index in [-0.39, 0.29) is 52.8 Å². The fourth-order valence-corrected chi connectivity index (χ4v) is 9.21. The Kier molecular flexibility index (Phi) is 16.4. The molecule has 6 atom stereocenters. The zero-order valence-electron chi connectivity index (χ0n) is 35.7. The summed E-state index contributed by atoms with van der Waals surface area (Å²) in [5.74, 6) is -2.91. The largest absolute Gasteiger partial charge is 0.378 e. The average molecular weight is 802 g/mol. The predicted molar refractivity (Wildman–Crippen MR) is 218 cm³/mol. The van der Waals surface area contributed by atoms with E-state index in [4.69, 9.17) is 4.74 Å². The number of ether oxygens (including phenoxy) is 1. The quantitative estimate of drug-likeness (QED) is 0.209. The zero-order chi connectivity index (χ0) is 42.3. The molecule has 14 heteroatoms. The molecule has 3 rings (SSSR count). The number of carbonyl (C=O) groups excluding carboxylic acids is 5. The first-order chi connectivity index (χ1) is 26.0. The molecule has 1 unspecified atom stereocenters. The lowest BCUT2D eigenvalue weighted by Gasteiger charge is -2.40. The Morgan fingerprint density at radius 2 is 1.57 bits per heavy atom. The number of likely N-dealkylation sites (tertiary alicyclic amines) is 2. The van der Waals surface area contributed by atoms with E-state index in [9.17, 15) is 32.4 Å². The molecule has 2 saturated heterocycles. The summed E-state index contributed by atoms with van der Waals surface area (Å²) in [5, 5.41) is 2.57. The first kappa shape index (κ1) is 46.8. The van der Waals surface area contributed by atoms with E-state index in [1.165, 1.54) is 38.3 Å². The predicted octanol–water partition coefficient (Wildman–Crippen LogP) is 5.41. The average Bonchev–Trinajstić information content (AvgIpc) is 3.60. The number of piperidine rings is 1. The maximum Gasteiger partial charge on any atom is 0.264 e. The second kappa shape index (κ2) is 19.7. The molecule has 1 aromatic carbocycles. The van der Waals surface area contributed by atoms with Crippen molar-refractivity contribution in [3.05, 3.63) is 35.9 Å². The van der Waals surface area contributed by atoms with Gasteiger partial charge in [0.15, 0.2) is 5.78 Å². The van der Waals surface area contributed by atoms with Crippen molar-refractivity contribution in [1.82, 2.24) is 19.4 Å². The SMILES string of the molecule is CO[C@H]([C@@H](C)C(=O)NS(=O)(=O)c1ccc(NC(C)=O)cc1)[C@@H]1CCCN1C(=O)/C(C)=C/[C@H](C(C)C)N(C)C(=O)[C@@H](CC(=O)C1CCCCN1C(C)C)C(C)(C)C. The van der Waals surface area contributed by atoms with Crippen LogP contribution in [0.25, 0.3) is 0 Å². The number of methoxy groups -OCH3 is 1. The highest BCUT2D eigenvalue weighted by Crippen LogP contribution is 2.34. The molecular formula is C42H67N5O8S. The van der Waals surface area contributed by atoms with Crippen LogP contribution >= 0.6 is 0 Å². The lowest BCUT2D eigenvalue weighted by Crippen LogP contribution is -2.51. The van der Waals surface area contributed by atoms with Gasteiger partial charge in [-0.3, -0.25) is 28.9 Å². The number of hydrogen-bond acceptors (Lipinski definition) is 9. The molecule has 0 radical (unpaired) electrons. The van der Waals surface area contributed by atoms with Crippen molar-refractivity contribution in [2.24, 2.45) is 23.2 Å². The number of carbonyl (C=O) groups is 5. The van der Waals surface area contributed by atoms with Crippen molar-refractivity contribution in [3.8, 4) is 0 Å². The number of Topliss-reactive ketones (excluding diaryl/α,β-unsaturated/α-hetero) is 1. The Morgan fingerprint density at radius 1 is 0.946 bits per heavy atom. The fourth-order valence-electron chi connectivity index (χ4n) is 8.15. The van der Waals surface area contributed by atoms with Crippen molar-refractivity contribution < 1.29 is 37.1 Å². The van der Waals surface area contributed by atoms with Crippen LogP contribution in [0.15, 0.2) is 40.8 Å². The number of benzene rings is 1. The third-order valence-electron chi connectivity index (χ3n) is 11.4. The zero-order valence-corrected chi connectivity index (χ0v) is 36.5. The number of nitrogens with one attached hydrogen (secondary N) is 2. The van der Waals surface area contributed by atoms with Crippen LogP contribution in [0.3, 0.4) is 0 Å². The Labute approximate surface area is 335 Å². The minimum atomic E-state index is -4.24. The number of anilines is 1. The minimum absolute atomic E-state index is 0.0498. The van der Waals surface area contributed by atoms with Gasteiger partial charge in [0.2, 0.25) is 23.6 Å². The molecule has 1 aromatic rings. The molecule has 0 aliphatic carbocycles. The Hall–Kier alpha value is -3.62. The highest BCUT2D eigenvalue weighted by molar-refractivity contribution is 7.90. The second-order valence-electron chi connectivity index (χ2n) is 17.3. The van der Waals surface area contributed by atoms with E-state index >= 15 is 0 Å². The number of rotatable bonds is 16. The summed E-state index contributed by atoms with van der Waals surface area (Å²) >= 11 is 0. The van der Waals surface area contributed by atoms with Crippen molar-refractivity contribution in [2.75, 3.05) is 32.6 Å². The summed E-state index contributed by atoms with van der Waals surface area (Å²) in [6, 6.07) is 4.56. The number of likely N-dealkylation sites (N-methyl/N-ethyl adjacent to an activating group) is 1. The van der Waals surface area contributed by atoms with Gasteiger partial charge in [-0.1, -0.05) is 54.0 Å². The monoisotopic (exact) mass is 801 g/mol. The van der Waals surface area contributed by atoms with E-state index in [2.05, 4.69) is 28.8 Å². The van der Waals surface area contributed by atoms with Crippen LogP contribution in [0.2, 0.25) is 0 Å². The van der Waals surface area contributed by atoms with Gasteiger partial charge in [-0.25, -0.2) is 13.1 Å². The van der Waals surface area contributed by atoms with E-state index in [1.807, 2.05) is 40.7 Å². The van der Waals surface area contributed by atoms with Crippen LogP contribution < -0.4 is 10.0 Å². The molecule has 2 aliphatic heterocycles. The number of ketones is 1. The van der Waals surface area contributed by atoms with Crippen LogP contribution in [0.5, 0.6) is 0 Å². The molecule has 0 spiro atoms. The molecule has 2 heterocycles. The van der Waals surface area contributed by atoms with Crippen molar-refractivity contribution in [2.45, 2.75) is 143 Å². The van der Waals surface area contributed by atoms with E-state index in [0.29, 0.717) is 30.6 Å². The molecule has 2 N–H and O–H groups in total. The maximum absolute atomic E-state index is 14.4. The number of hydrogen-bond donors (Lipinski definition) is 2. The van der Waals surface area contributed by atoms with Gasteiger partial charge in [-0.15, -0.1) is 0 Å². The number of nitrogens with zero attached hydrogens (tertiary/aromatic N) is 3. The normalized spacial score (nSPS) is 20.7. The Morgan fingerprint density at radius 3 is 2.11 bits per heavy atom. The minimum Gasteiger partial charge on any atom is -0.378 e. The lowest BCUT2D eigenvalue weighted by atomic mass is 9.75. The molecule has 0 saturated carbocycles. The van der Waals surface area contributed by atoms with Gasteiger partial charge >= 0.3 is 0 Å². The van der Waals surface area contributed by atoms with Crippen LogP contribution in [-0.2, 0) is 38.7 Å². The van der Waals surface area contributed by atoms with E-state index in [0.717, 1.165) is 25.8 Å².